The summed E-state index contributed by atoms with van der Waals surface area (Å²) in [4.78, 5) is 11.0. The summed E-state index contributed by atoms with van der Waals surface area (Å²) in [7, 11) is 0. The first-order chi connectivity index (χ1) is 9.06. The minimum Gasteiger partial charge on any atom is -0.487 e. The molecule has 0 aliphatic rings. The Morgan fingerprint density at radius 1 is 1.16 bits per heavy atom. The van der Waals surface area contributed by atoms with Gasteiger partial charge in [0.2, 0.25) is 5.91 Å². The van der Waals surface area contributed by atoms with Gasteiger partial charge in [0.15, 0.2) is 0 Å². The molecule has 98 valence electrons. The molecule has 0 unspecified atom stereocenters. The number of anilines is 1. The fraction of sp³-hybridized carbons (Fsp3) is 0.0714. The zero-order chi connectivity index (χ0) is 13.8. The van der Waals surface area contributed by atoms with E-state index in [0.717, 1.165) is 5.56 Å². The van der Waals surface area contributed by atoms with Crippen LogP contribution < -0.4 is 16.2 Å². The number of nitrogens with two attached hydrogens (primary N) is 2. The topological polar surface area (TPSA) is 78.3 Å². The van der Waals surface area contributed by atoms with Crippen molar-refractivity contribution in [2.24, 2.45) is 5.73 Å². The molecular weight excluding hydrogens is 264 g/mol. The first-order valence-electron chi connectivity index (χ1n) is 5.63. The van der Waals surface area contributed by atoms with Gasteiger partial charge in [0.1, 0.15) is 12.4 Å². The summed E-state index contributed by atoms with van der Waals surface area (Å²) in [6.07, 6.45) is 0. The van der Waals surface area contributed by atoms with Crippen molar-refractivity contribution in [2.75, 3.05) is 5.73 Å². The molecule has 2 aromatic carbocycles. The number of hydrogen-bond acceptors (Lipinski definition) is 3. The maximum Gasteiger partial charge on any atom is 0.248 e. The Labute approximate surface area is 115 Å². The molecule has 4 nitrogen and oxygen atoms in total. The fourth-order valence-corrected chi connectivity index (χ4v) is 1.70. The summed E-state index contributed by atoms with van der Waals surface area (Å²) >= 11 is 5.80. The zero-order valence-electron chi connectivity index (χ0n) is 10.1. The molecule has 0 fully saturated rings. The summed E-state index contributed by atoms with van der Waals surface area (Å²) in [5.41, 5.74) is 12.7. The van der Waals surface area contributed by atoms with E-state index in [9.17, 15) is 4.79 Å². The molecule has 5 heteroatoms. The number of carbonyl (C=O) groups excluding carboxylic acids is 1. The van der Waals surface area contributed by atoms with Crippen LogP contribution in [0.3, 0.4) is 0 Å². The largest absolute Gasteiger partial charge is 0.487 e. The van der Waals surface area contributed by atoms with Gasteiger partial charge in [-0.25, -0.2) is 0 Å². The highest BCUT2D eigenvalue weighted by Crippen LogP contribution is 2.23. The Kier molecular flexibility index (Phi) is 3.92. The average Bonchev–Trinajstić information content (AvgIpc) is 2.39. The van der Waals surface area contributed by atoms with Crippen LogP contribution in [0.25, 0.3) is 0 Å². The van der Waals surface area contributed by atoms with Gasteiger partial charge in [0.25, 0.3) is 0 Å². The van der Waals surface area contributed by atoms with E-state index in [1.807, 2.05) is 12.1 Å². The molecule has 0 saturated heterocycles. The van der Waals surface area contributed by atoms with Crippen LogP contribution in [0.2, 0.25) is 5.02 Å². The third kappa shape index (κ3) is 3.39. The second kappa shape index (κ2) is 5.63. The summed E-state index contributed by atoms with van der Waals surface area (Å²) in [5.74, 6) is -0.00380. The van der Waals surface area contributed by atoms with Crippen LogP contribution in [-0.2, 0) is 6.61 Å². The fourth-order valence-electron chi connectivity index (χ4n) is 1.57. The highest BCUT2D eigenvalue weighted by molar-refractivity contribution is 6.30. The van der Waals surface area contributed by atoms with E-state index < -0.39 is 5.91 Å². The number of nitrogen functional groups attached to an aromatic ring is 1. The normalized spacial score (nSPS) is 10.2. The first kappa shape index (κ1) is 13.2. The number of amides is 1. The maximum atomic E-state index is 11.0. The molecule has 0 aliphatic heterocycles. The lowest BCUT2D eigenvalue weighted by atomic mass is 10.2. The highest BCUT2D eigenvalue weighted by atomic mass is 35.5. The molecule has 1 amide bonds. The monoisotopic (exact) mass is 276 g/mol. The molecule has 19 heavy (non-hydrogen) atoms. The minimum absolute atomic E-state index is 0.358. The number of carbonyl (C=O) groups is 1. The molecule has 2 rings (SSSR count). The van der Waals surface area contributed by atoms with Gasteiger partial charge in [-0.2, -0.15) is 0 Å². The van der Waals surface area contributed by atoms with Crippen LogP contribution >= 0.6 is 11.6 Å². The quantitative estimate of drug-likeness (QED) is 0.843. The molecule has 0 heterocycles. The van der Waals surface area contributed by atoms with E-state index in [4.69, 9.17) is 27.8 Å². The first-order valence-corrected chi connectivity index (χ1v) is 6.00. The molecule has 2 aromatic rings. The molecule has 0 bridgehead atoms. The molecule has 0 aromatic heterocycles. The van der Waals surface area contributed by atoms with E-state index in [1.165, 1.54) is 6.07 Å². The molecule has 0 saturated carbocycles. The van der Waals surface area contributed by atoms with E-state index in [0.29, 0.717) is 28.6 Å². The van der Waals surface area contributed by atoms with Crippen LogP contribution in [0, 0.1) is 0 Å². The van der Waals surface area contributed by atoms with Gasteiger partial charge in [-0.3, -0.25) is 4.79 Å². The average molecular weight is 277 g/mol. The van der Waals surface area contributed by atoms with Crippen molar-refractivity contribution in [1.29, 1.82) is 0 Å². The number of benzene rings is 2. The third-order valence-electron chi connectivity index (χ3n) is 2.60. The van der Waals surface area contributed by atoms with Crippen molar-refractivity contribution in [3.8, 4) is 5.75 Å². The van der Waals surface area contributed by atoms with E-state index in [-0.39, 0.29) is 0 Å². The molecule has 0 atom stereocenters. The lowest BCUT2D eigenvalue weighted by molar-refractivity contribution is 0.100. The van der Waals surface area contributed by atoms with E-state index in [1.54, 1.807) is 24.3 Å². The Bertz CT molecular complexity index is 597. The predicted molar refractivity (Wildman–Crippen MR) is 75.2 cm³/mol. The lowest BCUT2D eigenvalue weighted by Crippen LogP contribution is -2.11. The van der Waals surface area contributed by atoms with Crippen molar-refractivity contribution in [1.82, 2.24) is 0 Å². The maximum absolute atomic E-state index is 11.0. The van der Waals surface area contributed by atoms with Gasteiger partial charge in [0.05, 0.1) is 5.69 Å². The Morgan fingerprint density at radius 2 is 1.84 bits per heavy atom. The molecule has 4 N–H and O–H groups in total. The molecule has 0 radical (unpaired) electrons. The number of ether oxygens (including phenoxy) is 1. The molecule has 0 spiro atoms. The van der Waals surface area contributed by atoms with Crippen molar-refractivity contribution < 1.29 is 9.53 Å². The lowest BCUT2D eigenvalue weighted by Gasteiger charge is -2.09. The van der Waals surface area contributed by atoms with Crippen LogP contribution in [0.1, 0.15) is 15.9 Å². The smallest absolute Gasteiger partial charge is 0.248 e. The Balaban J connectivity index is 2.07. The van der Waals surface area contributed by atoms with Gasteiger partial charge in [-0.15, -0.1) is 0 Å². The molecule has 0 aliphatic carbocycles. The summed E-state index contributed by atoms with van der Waals surface area (Å²) in [6.45, 7) is 0.372. The standard InChI is InChI=1S/C14H13ClN2O2/c15-11-4-1-9(2-5-11)8-19-13-6-3-10(14(17)18)7-12(13)16/h1-7H,8,16H2,(H2,17,18). The van der Waals surface area contributed by atoms with Gasteiger partial charge in [-0.05, 0) is 35.9 Å². The summed E-state index contributed by atoms with van der Waals surface area (Å²) in [6, 6.07) is 12.0. The van der Waals surface area contributed by atoms with Crippen molar-refractivity contribution in [2.45, 2.75) is 6.61 Å². The number of primary amides is 1. The van der Waals surface area contributed by atoms with Crippen LogP contribution in [0.4, 0.5) is 5.69 Å². The van der Waals surface area contributed by atoms with E-state index >= 15 is 0 Å². The predicted octanol–water partition coefficient (Wildman–Crippen LogP) is 2.60. The number of halogens is 1. The SMILES string of the molecule is NC(=O)c1ccc(OCc2ccc(Cl)cc2)c(N)c1. The van der Waals surface area contributed by atoms with Gasteiger partial charge >= 0.3 is 0 Å². The summed E-state index contributed by atoms with van der Waals surface area (Å²) in [5, 5.41) is 0.675. The zero-order valence-corrected chi connectivity index (χ0v) is 10.9. The number of hydrogen-bond donors (Lipinski definition) is 2. The van der Waals surface area contributed by atoms with Crippen LogP contribution in [0.15, 0.2) is 42.5 Å². The van der Waals surface area contributed by atoms with Gasteiger partial charge < -0.3 is 16.2 Å². The third-order valence-corrected chi connectivity index (χ3v) is 2.85. The Morgan fingerprint density at radius 3 is 2.42 bits per heavy atom. The molecular formula is C14H13ClN2O2. The van der Waals surface area contributed by atoms with Crippen molar-refractivity contribution >= 4 is 23.2 Å². The second-order valence-corrected chi connectivity index (χ2v) is 4.47. The van der Waals surface area contributed by atoms with Crippen molar-refractivity contribution in [3.63, 3.8) is 0 Å². The summed E-state index contributed by atoms with van der Waals surface area (Å²) < 4.78 is 5.58. The Hall–Kier alpha value is -2.20. The van der Waals surface area contributed by atoms with E-state index in [2.05, 4.69) is 0 Å². The van der Waals surface area contributed by atoms with Crippen LogP contribution in [0.5, 0.6) is 5.75 Å². The van der Waals surface area contributed by atoms with Gasteiger partial charge in [0, 0.05) is 10.6 Å². The highest BCUT2D eigenvalue weighted by Gasteiger charge is 2.06. The minimum atomic E-state index is -0.518. The number of rotatable bonds is 4. The second-order valence-electron chi connectivity index (χ2n) is 4.03. The van der Waals surface area contributed by atoms with Crippen LogP contribution in [-0.4, -0.2) is 5.91 Å². The van der Waals surface area contributed by atoms with Crippen molar-refractivity contribution in [3.05, 3.63) is 58.6 Å². The van der Waals surface area contributed by atoms with Gasteiger partial charge in [-0.1, -0.05) is 23.7 Å².